The van der Waals surface area contributed by atoms with E-state index in [1.165, 1.54) is 43.3 Å². The van der Waals surface area contributed by atoms with Crippen LogP contribution in [-0.2, 0) is 4.79 Å². The van der Waals surface area contributed by atoms with E-state index < -0.39 is 0 Å². The Morgan fingerprint density at radius 1 is 1.31 bits per heavy atom. The zero-order chi connectivity index (χ0) is 11.3. The van der Waals surface area contributed by atoms with Crippen molar-refractivity contribution in [3.63, 3.8) is 0 Å². The van der Waals surface area contributed by atoms with Crippen LogP contribution in [0.3, 0.4) is 0 Å². The van der Waals surface area contributed by atoms with E-state index in [1.54, 1.807) is 0 Å². The first-order valence-corrected chi connectivity index (χ1v) is 6.55. The summed E-state index contributed by atoms with van der Waals surface area (Å²) in [5.74, 6) is 0.950. The quantitative estimate of drug-likeness (QED) is 0.563. The molecule has 0 N–H and O–H groups in total. The molecule has 1 saturated carbocycles. The first kappa shape index (κ1) is 10.3. The third-order valence-electron chi connectivity index (χ3n) is 5.17. The zero-order valence-corrected chi connectivity index (χ0v) is 10.3. The summed E-state index contributed by atoms with van der Waals surface area (Å²) in [5, 5.41) is 0. The van der Waals surface area contributed by atoms with Crippen LogP contribution in [0.4, 0.5) is 0 Å². The summed E-state index contributed by atoms with van der Waals surface area (Å²) in [6.45, 7) is 4.29. The van der Waals surface area contributed by atoms with Crippen LogP contribution in [0.1, 0.15) is 52.4 Å². The minimum Gasteiger partial charge on any atom is -0.295 e. The molecule has 0 unspecified atom stereocenters. The molecule has 0 saturated heterocycles. The largest absolute Gasteiger partial charge is 0.295 e. The van der Waals surface area contributed by atoms with Crippen LogP contribution in [0, 0.1) is 11.3 Å². The van der Waals surface area contributed by atoms with Gasteiger partial charge in [0.25, 0.3) is 0 Å². The van der Waals surface area contributed by atoms with E-state index in [-0.39, 0.29) is 0 Å². The molecule has 16 heavy (non-hydrogen) atoms. The van der Waals surface area contributed by atoms with Crippen molar-refractivity contribution in [1.29, 1.82) is 0 Å². The first-order chi connectivity index (χ1) is 7.65. The molecule has 3 rings (SSSR count). The van der Waals surface area contributed by atoms with Gasteiger partial charge in [0.2, 0.25) is 0 Å². The fourth-order valence-corrected chi connectivity index (χ4v) is 4.24. The molecule has 0 aromatic carbocycles. The molecule has 0 amide bonds. The van der Waals surface area contributed by atoms with Crippen molar-refractivity contribution in [3.8, 4) is 0 Å². The highest BCUT2D eigenvalue weighted by molar-refractivity contribution is 5.97. The van der Waals surface area contributed by atoms with Gasteiger partial charge in [-0.2, -0.15) is 0 Å². The summed E-state index contributed by atoms with van der Waals surface area (Å²) in [6.07, 6.45) is 9.49. The van der Waals surface area contributed by atoms with Gasteiger partial charge in [-0.1, -0.05) is 23.6 Å². The molecule has 86 valence electrons. The summed E-state index contributed by atoms with van der Waals surface area (Å²) < 4.78 is 0. The lowest BCUT2D eigenvalue weighted by Crippen LogP contribution is -2.38. The van der Waals surface area contributed by atoms with Crippen molar-refractivity contribution < 1.29 is 4.79 Å². The second-order valence-corrected chi connectivity index (χ2v) is 5.80. The third kappa shape index (κ3) is 1.15. The maximum absolute atomic E-state index is 12.0. The van der Waals surface area contributed by atoms with E-state index in [0.717, 1.165) is 12.0 Å². The van der Waals surface area contributed by atoms with Crippen LogP contribution in [-0.4, -0.2) is 5.78 Å². The molecular formula is C15H20O. The van der Waals surface area contributed by atoms with Crippen molar-refractivity contribution in [2.24, 2.45) is 11.3 Å². The predicted octanol–water partition coefficient (Wildman–Crippen LogP) is 3.80. The van der Waals surface area contributed by atoms with E-state index in [0.29, 0.717) is 17.1 Å². The standard InChI is InChI=1S/C15H20O/c1-10-6-8-15-7-4-3-5-12(15)11(2)14(16)9-13(10)15/h6,13H,3-5,7-9H2,1-2H3/t13-,15-/m0/s1. The maximum atomic E-state index is 12.0. The van der Waals surface area contributed by atoms with E-state index in [2.05, 4.69) is 19.9 Å². The minimum atomic E-state index is 0.375. The van der Waals surface area contributed by atoms with Crippen molar-refractivity contribution in [3.05, 3.63) is 22.8 Å². The summed E-state index contributed by atoms with van der Waals surface area (Å²) >= 11 is 0. The normalized spacial score (nSPS) is 38.2. The van der Waals surface area contributed by atoms with Gasteiger partial charge in [-0.15, -0.1) is 0 Å². The van der Waals surface area contributed by atoms with Gasteiger partial charge >= 0.3 is 0 Å². The monoisotopic (exact) mass is 216 g/mol. The summed E-state index contributed by atoms with van der Waals surface area (Å²) in [6, 6.07) is 0. The zero-order valence-electron chi connectivity index (χ0n) is 10.3. The van der Waals surface area contributed by atoms with Crippen molar-refractivity contribution in [2.75, 3.05) is 0 Å². The lowest BCUT2D eigenvalue weighted by molar-refractivity contribution is -0.118. The smallest absolute Gasteiger partial charge is 0.159 e. The Morgan fingerprint density at radius 2 is 2.12 bits per heavy atom. The molecule has 0 aromatic heterocycles. The second-order valence-electron chi connectivity index (χ2n) is 5.80. The molecule has 1 fully saturated rings. The first-order valence-electron chi connectivity index (χ1n) is 6.55. The van der Waals surface area contributed by atoms with Crippen molar-refractivity contribution in [1.82, 2.24) is 0 Å². The topological polar surface area (TPSA) is 17.1 Å². The molecule has 0 aliphatic heterocycles. The minimum absolute atomic E-state index is 0.375. The van der Waals surface area contributed by atoms with E-state index in [9.17, 15) is 4.79 Å². The number of hydrogen-bond donors (Lipinski definition) is 0. The Kier molecular flexibility index (Phi) is 2.14. The van der Waals surface area contributed by atoms with E-state index in [4.69, 9.17) is 0 Å². The Morgan fingerprint density at radius 3 is 2.94 bits per heavy atom. The Labute approximate surface area is 97.6 Å². The van der Waals surface area contributed by atoms with E-state index >= 15 is 0 Å². The predicted molar refractivity (Wildman–Crippen MR) is 65.1 cm³/mol. The van der Waals surface area contributed by atoms with E-state index in [1.807, 2.05) is 0 Å². The Balaban J connectivity index is 2.13. The van der Waals surface area contributed by atoms with Gasteiger partial charge < -0.3 is 0 Å². The average molecular weight is 216 g/mol. The molecule has 3 aliphatic carbocycles. The van der Waals surface area contributed by atoms with Crippen LogP contribution >= 0.6 is 0 Å². The van der Waals surface area contributed by atoms with Crippen LogP contribution < -0.4 is 0 Å². The average Bonchev–Trinajstić information content (AvgIpc) is 2.59. The summed E-state index contributed by atoms with van der Waals surface area (Å²) in [7, 11) is 0. The molecule has 0 heterocycles. The van der Waals surface area contributed by atoms with Gasteiger partial charge in [-0.3, -0.25) is 4.79 Å². The highest BCUT2D eigenvalue weighted by atomic mass is 16.1. The lowest BCUT2D eigenvalue weighted by atomic mass is 9.57. The molecule has 1 nitrogen and oxygen atoms in total. The van der Waals surface area contributed by atoms with Gasteiger partial charge in [-0.25, -0.2) is 0 Å². The van der Waals surface area contributed by atoms with Crippen LogP contribution in [0.15, 0.2) is 22.8 Å². The number of hydrogen-bond acceptors (Lipinski definition) is 1. The van der Waals surface area contributed by atoms with Crippen LogP contribution in [0.5, 0.6) is 0 Å². The molecule has 2 atom stereocenters. The number of rotatable bonds is 0. The third-order valence-corrected chi connectivity index (χ3v) is 5.17. The highest BCUT2D eigenvalue weighted by Crippen LogP contribution is 2.59. The Bertz CT molecular complexity index is 413. The number of Topliss-reactive ketones (excluding diaryl/α,β-unsaturated/α-hetero) is 1. The maximum Gasteiger partial charge on any atom is 0.159 e. The van der Waals surface area contributed by atoms with Crippen LogP contribution in [0.25, 0.3) is 0 Å². The molecule has 1 spiro atoms. The number of carbonyl (C=O) groups is 1. The van der Waals surface area contributed by atoms with Crippen molar-refractivity contribution >= 4 is 5.78 Å². The van der Waals surface area contributed by atoms with Gasteiger partial charge in [0.15, 0.2) is 5.78 Å². The molecular weight excluding hydrogens is 196 g/mol. The summed E-state index contributed by atoms with van der Waals surface area (Å²) in [5.41, 5.74) is 4.48. The molecule has 0 bridgehead atoms. The lowest BCUT2D eigenvalue weighted by Gasteiger charge is -2.46. The molecule has 0 radical (unpaired) electrons. The molecule has 1 heteroatoms. The number of carbonyl (C=O) groups excluding carboxylic acids is 1. The molecule has 0 aromatic rings. The van der Waals surface area contributed by atoms with Crippen molar-refractivity contribution in [2.45, 2.75) is 52.4 Å². The fourth-order valence-electron chi connectivity index (χ4n) is 4.24. The van der Waals surface area contributed by atoms with Gasteiger partial charge in [0.05, 0.1) is 0 Å². The van der Waals surface area contributed by atoms with Crippen LogP contribution in [0.2, 0.25) is 0 Å². The van der Waals surface area contributed by atoms with Gasteiger partial charge in [0, 0.05) is 11.8 Å². The number of allylic oxidation sites excluding steroid dienone is 4. The SMILES string of the molecule is CC1=CC[C@@]23CCCCC2=C(C)C(=O)C[C@@H]13. The fraction of sp³-hybridized carbons (Fsp3) is 0.667. The summed E-state index contributed by atoms with van der Waals surface area (Å²) in [4.78, 5) is 12.0. The second kappa shape index (κ2) is 3.32. The van der Waals surface area contributed by atoms with Gasteiger partial charge in [0.1, 0.15) is 0 Å². The number of ketones is 1. The molecule has 3 aliphatic rings. The Hall–Kier alpha value is -0.850. The highest BCUT2D eigenvalue weighted by Gasteiger charge is 2.50. The van der Waals surface area contributed by atoms with Gasteiger partial charge in [-0.05, 0) is 51.0 Å².